The monoisotopic (exact) mass is 253 g/mol. The van der Waals surface area contributed by atoms with Crippen LogP contribution in [0.15, 0.2) is 18.2 Å². The second kappa shape index (κ2) is 4.96. The number of nitrogens with zero attached hydrogens (tertiary/aromatic N) is 1. The Morgan fingerprint density at radius 2 is 2.35 bits per heavy atom. The van der Waals surface area contributed by atoms with Crippen LogP contribution in [-0.4, -0.2) is 28.5 Å². The summed E-state index contributed by atoms with van der Waals surface area (Å²) in [5.74, 6) is -0.132. The Morgan fingerprint density at radius 1 is 1.59 bits per heavy atom. The summed E-state index contributed by atoms with van der Waals surface area (Å²) >= 11 is 5.75. The van der Waals surface area contributed by atoms with Gasteiger partial charge in [-0.3, -0.25) is 4.79 Å². The molecule has 0 spiro atoms. The summed E-state index contributed by atoms with van der Waals surface area (Å²) in [6.45, 7) is 2.86. The van der Waals surface area contributed by atoms with Crippen LogP contribution >= 0.6 is 11.6 Å². The average Bonchev–Trinajstić information content (AvgIpc) is 2.76. The lowest BCUT2D eigenvalue weighted by Gasteiger charge is -2.24. The minimum absolute atomic E-state index is 0.0377. The summed E-state index contributed by atoms with van der Waals surface area (Å²) in [5.41, 5.74) is 0.342. The fraction of sp³-hybridized carbons (Fsp3) is 0.462. The topological polar surface area (TPSA) is 40.5 Å². The molecule has 1 fully saturated rings. The first kappa shape index (κ1) is 12.2. The number of hydrogen-bond acceptors (Lipinski definition) is 2. The van der Waals surface area contributed by atoms with E-state index < -0.39 is 0 Å². The Kier molecular flexibility index (Phi) is 3.57. The first-order valence-corrected chi connectivity index (χ1v) is 6.30. The molecule has 1 unspecified atom stereocenters. The third-order valence-corrected chi connectivity index (χ3v) is 3.53. The molecule has 0 aliphatic carbocycles. The van der Waals surface area contributed by atoms with Crippen LogP contribution in [0.3, 0.4) is 0 Å². The normalized spacial score (nSPS) is 19.6. The Morgan fingerprint density at radius 3 is 3.00 bits per heavy atom. The third kappa shape index (κ3) is 2.39. The van der Waals surface area contributed by atoms with Gasteiger partial charge in [0.15, 0.2) is 0 Å². The SMILES string of the molecule is CCC1CCCN1C(=O)c1ccc(Cl)cc1O. The zero-order chi connectivity index (χ0) is 12.4. The van der Waals surface area contributed by atoms with Crippen molar-refractivity contribution >= 4 is 17.5 Å². The van der Waals surface area contributed by atoms with Gasteiger partial charge >= 0.3 is 0 Å². The molecule has 1 saturated heterocycles. The van der Waals surface area contributed by atoms with Crippen molar-refractivity contribution in [3.63, 3.8) is 0 Å². The summed E-state index contributed by atoms with van der Waals surface area (Å²) in [6, 6.07) is 4.93. The van der Waals surface area contributed by atoms with Gasteiger partial charge in [0.05, 0.1) is 5.56 Å². The highest BCUT2D eigenvalue weighted by Crippen LogP contribution is 2.27. The van der Waals surface area contributed by atoms with Gasteiger partial charge in [0.2, 0.25) is 0 Å². The van der Waals surface area contributed by atoms with Gasteiger partial charge in [0.1, 0.15) is 5.75 Å². The molecule has 0 saturated carbocycles. The van der Waals surface area contributed by atoms with Crippen molar-refractivity contribution in [1.82, 2.24) is 4.90 Å². The van der Waals surface area contributed by atoms with E-state index in [-0.39, 0.29) is 11.7 Å². The maximum atomic E-state index is 12.3. The lowest BCUT2D eigenvalue weighted by atomic mass is 10.1. The van der Waals surface area contributed by atoms with Gasteiger partial charge in [-0.2, -0.15) is 0 Å². The number of carbonyl (C=O) groups excluding carboxylic acids is 1. The van der Waals surface area contributed by atoms with Gasteiger partial charge in [-0.05, 0) is 37.5 Å². The van der Waals surface area contributed by atoms with E-state index in [0.717, 1.165) is 25.8 Å². The third-order valence-electron chi connectivity index (χ3n) is 3.30. The van der Waals surface area contributed by atoms with Crippen LogP contribution in [0.4, 0.5) is 0 Å². The van der Waals surface area contributed by atoms with Crippen molar-refractivity contribution in [2.24, 2.45) is 0 Å². The van der Waals surface area contributed by atoms with E-state index in [1.165, 1.54) is 6.07 Å². The minimum Gasteiger partial charge on any atom is -0.507 e. The van der Waals surface area contributed by atoms with E-state index in [9.17, 15) is 9.90 Å². The van der Waals surface area contributed by atoms with Crippen LogP contribution < -0.4 is 0 Å². The van der Waals surface area contributed by atoms with Crippen molar-refractivity contribution in [3.8, 4) is 5.75 Å². The number of halogens is 1. The molecular formula is C13H16ClNO2. The van der Waals surface area contributed by atoms with Crippen LogP contribution in [0.1, 0.15) is 36.5 Å². The molecule has 3 nitrogen and oxygen atoms in total. The highest BCUT2D eigenvalue weighted by atomic mass is 35.5. The number of phenolic OH excluding ortho intramolecular Hbond substituents is 1. The molecule has 1 atom stereocenters. The van der Waals surface area contributed by atoms with Gasteiger partial charge < -0.3 is 10.0 Å². The fourth-order valence-electron chi connectivity index (χ4n) is 2.37. The van der Waals surface area contributed by atoms with E-state index in [1.54, 1.807) is 12.1 Å². The number of likely N-dealkylation sites (tertiary alicyclic amines) is 1. The molecule has 1 N–H and O–H groups in total. The standard InChI is InChI=1S/C13H16ClNO2/c1-2-10-4-3-7-15(10)13(17)11-6-5-9(14)8-12(11)16/h5-6,8,10,16H,2-4,7H2,1H3. The lowest BCUT2D eigenvalue weighted by Crippen LogP contribution is -2.35. The quantitative estimate of drug-likeness (QED) is 0.880. The van der Waals surface area contributed by atoms with E-state index in [0.29, 0.717) is 16.6 Å². The summed E-state index contributed by atoms with van der Waals surface area (Å²) in [7, 11) is 0. The van der Waals surface area contributed by atoms with Gasteiger partial charge in [-0.15, -0.1) is 0 Å². The number of amides is 1. The molecule has 0 bridgehead atoms. The number of carbonyl (C=O) groups is 1. The average molecular weight is 254 g/mol. The Balaban J connectivity index is 2.24. The van der Waals surface area contributed by atoms with Crippen molar-refractivity contribution < 1.29 is 9.90 Å². The van der Waals surface area contributed by atoms with Crippen LogP contribution in [0.2, 0.25) is 5.02 Å². The first-order chi connectivity index (χ1) is 8.13. The largest absolute Gasteiger partial charge is 0.507 e. The maximum Gasteiger partial charge on any atom is 0.257 e. The number of phenols is 1. The van der Waals surface area contributed by atoms with E-state index in [1.807, 2.05) is 4.90 Å². The lowest BCUT2D eigenvalue weighted by molar-refractivity contribution is 0.0730. The van der Waals surface area contributed by atoms with E-state index in [2.05, 4.69) is 6.92 Å². The van der Waals surface area contributed by atoms with Crippen molar-refractivity contribution in [1.29, 1.82) is 0 Å². The second-order valence-electron chi connectivity index (χ2n) is 4.36. The van der Waals surface area contributed by atoms with Crippen LogP contribution in [0.5, 0.6) is 5.75 Å². The first-order valence-electron chi connectivity index (χ1n) is 5.93. The Bertz CT molecular complexity index is 433. The number of rotatable bonds is 2. The van der Waals surface area contributed by atoms with E-state index >= 15 is 0 Å². The molecule has 4 heteroatoms. The predicted octanol–water partition coefficient (Wildman–Crippen LogP) is 3.06. The molecule has 92 valence electrons. The number of hydrogen-bond donors (Lipinski definition) is 1. The minimum atomic E-state index is -0.0940. The van der Waals surface area contributed by atoms with Crippen LogP contribution in [0.25, 0.3) is 0 Å². The predicted molar refractivity (Wildman–Crippen MR) is 67.5 cm³/mol. The second-order valence-corrected chi connectivity index (χ2v) is 4.80. The number of benzene rings is 1. The molecule has 1 heterocycles. The summed E-state index contributed by atoms with van der Waals surface area (Å²) in [5, 5.41) is 10.2. The highest BCUT2D eigenvalue weighted by Gasteiger charge is 2.29. The molecule has 1 aromatic rings. The van der Waals surface area contributed by atoms with Gasteiger partial charge in [-0.25, -0.2) is 0 Å². The molecule has 0 aromatic heterocycles. The zero-order valence-electron chi connectivity index (χ0n) is 9.82. The molecular weight excluding hydrogens is 238 g/mol. The smallest absolute Gasteiger partial charge is 0.257 e. The van der Waals surface area contributed by atoms with E-state index in [4.69, 9.17) is 11.6 Å². The van der Waals surface area contributed by atoms with Crippen molar-refractivity contribution in [3.05, 3.63) is 28.8 Å². The fourth-order valence-corrected chi connectivity index (χ4v) is 2.53. The Hall–Kier alpha value is -1.22. The van der Waals surface area contributed by atoms with Crippen LogP contribution in [0, 0.1) is 0 Å². The highest BCUT2D eigenvalue weighted by molar-refractivity contribution is 6.30. The summed E-state index contributed by atoms with van der Waals surface area (Å²) in [4.78, 5) is 14.1. The molecule has 1 amide bonds. The summed E-state index contributed by atoms with van der Waals surface area (Å²) < 4.78 is 0. The van der Waals surface area contributed by atoms with Gasteiger partial charge in [-0.1, -0.05) is 18.5 Å². The van der Waals surface area contributed by atoms with Crippen molar-refractivity contribution in [2.75, 3.05) is 6.54 Å². The molecule has 1 aromatic carbocycles. The van der Waals surface area contributed by atoms with Crippen molar-refractivity contribution in [2.45, 2.75) is 32.2 Å². The van der Waals surface area contributed by atoms with Gasteiger partial charge in [0, 0.05) is 17.6 Å². The van der Waals surface area contributed by atoms with Gasteiger partial charge in [0.25, 0.3) is 5.91 Å². The zero-order valence-corrected chi connectivity index (χ0v) is 10.6. The molecule has 1 aliphatic rings. The molecule has 0 radical (unpaired) electrons. The Labute approximate surface area is 106 Å². The van der Waals surface area contributed by atoms with Crippen LogP contribution in [-0.2, 0) is 0 Å². The summed E-state index contributed by atoms with van der Waals surface area (Å²) in [6.07, 6.45) is 3.05. The molecule has 1 aliphatic heterocycles. The maximum absolute atomic E-state index is 12.3. The number of aromatic hydroxyl groups is 1. The molecule has 17 heavy (non-hydrogen) atoms. The molecule has 2 rings (SSSR count).